The van der Waals surface area contributed by atoms with Crippen molar-refractivity contribution in [3.05, 3.63) is 41.5 Å². The van der Waals surface area contributed by atoms with Gasteiger partial charge in [0.2, 0.25) is 0 Å². The van der Waals surface area contributed by atoms with Gasteiger partial charge in [-0.1, -0.05) is 63.6 Å². The van der Waals surface area contributed by atoms with Crippen molar-refractivity contribution in [3.8, 4) is 0 Å². The Labute approximate surface area is 142 Å². The highest BCUT2D eigenvalue weighted by Crippen LogP contribution is 2.45. The molecule has 0 aliphatic heterocycles. The maximum absolute atomic E-state index is 6.24. The topological polar surface area (TPSA) is 18.5 Å². The monoisotopic (exact) mass is 330 g/mol. The van der Waals surface area contributed by atoms with Gasteiger partial charge in [-0.2, -0.15) is 0 Å². The van der Waals surface area contributed by atoms with Gasteiger partial charge in [-0.05, 0) is 36.1 Å². The summed E-state index contributed by atoms with van der Waals surface area (Å²) in [6.45, 7) is 13.4. The van der Waals surface area contributed by atoms with Crippen LogP contribution in [-0.4, -0.2) is 22.8 Å². The van der Waals surface area contributed by atoms with Crippen LogP contribution in [0.4, 0.5) is 0 Å². The van der Waals surface area contributed by atoms with Crippen LogP contribution in [0.5, 0.6) is 0 Å². The van der Waals surface area contributed by atoms with Crippen molar-refractivity contribution in [2.45, 2.75) is 46.6 Å². The largest absolute Gasteiger partial charge is 0.394 e. The van der Waals surface area contributed by atoms with Crippen LogP contribution in [0.25, 0.3) is 10.8 Å². The average Bonchev–Trinajstić information content (AvgIpc) is 2.50. The molecular formula is C20H30O2Si. The third-order valence-electron chi connectivity index (χ3n) is 5.58. The lowest BCUT2D eigenvalue weighted by molar-refractivity contribution is 0.207. The molecule has 2 aromatic rings. The molecule has 0 spiro atoms. The van der Waals surface area contributed by atoms with Gasteiger partial charge in [-0.3, -0.25) is 0 Å². The van der Waals surface area contributed by atoms with Crippen molar-refractivity contribution in [3.63, 3.8) is 0 Å². The van der Waals surface area contributed by atoms with Gasteiger partial charge in [-0.25, -0.2) is 0 Å². The van der Waals surface area contributed by atoms with E-state index in [1.54, 1.807) is 0 Å². The first-order chi connectivity index (χ1) is 10.7. The number of fused-ring (bicyclic) bond motifs is 1. The van der Waals surface area contributed by atoms with Gasteiger partial charge in [0.1, 0.15) is 0 Å². The number of rotatable bonds is 5. The minimum Gasteiger partial charge on any atom is -0.394 e. The molecule has 0 bridgehead atoms. The van der Waals surface area contributed by atoms with E-state index in [0.29, 0.717) is 5.92 Å². The van der Waals surface area contributed by atoms with Gasteiger partial charge in [0, 0.05) is 24.4 Å². The summed E-state index contributed by atoms with van der Waals surface area (Å²) >= 11 is 0. The molecule has 0 fully saturated rings. The number of aryl methyl sites for hydroxylation is 2. The molecule has 0 unspecified atom stereocenters. The van der Waals surface area contributed by atoms with E-state index in [2.05, 4.69) is 71.9 Å². The summed E-state index contributed by atoms with van der Waals surface area (Å²) in [5, 5.41) is 3.75. The molecular weight excluding hydrogens is 300 g/mol. The summed E-state index contributed by atoms with van der Waals surface area (Å²) in [5.74, 6) is 0.452. The highest BCUT2D eigenvalue weighted by Gasteiger charge is 2.55. The predicted molar refractivity (Wildman–Crippen MR) is 102 cm³/mol. The highest BCUT2D eigenvalue weighted by atomic mass is 28.4. The lowest BCUT2D eigenvalue weighted by Gasteiger charge is -2.45. The van der Waals surface area contributed by atoms with E-state index < -0.39 is 8.56 Å². The zero-order chi connectivity index (χ0) is 17.4. The van der Waals surface area contributed by atoms with Crippen LogP contribution in [0.1, 0.15) is 38.8 Å². The van der Waals surface area contributed by atoms with Crippen molar-refractivity contribution in [1.82, 2.24) is 0 Å². The maximum atomic E-state index is 6.24. The summed E-state index contributed by atoms with van der Waals surface area (Å²) in [7, 11) is 0.985. The van der Waals surface area contributed by atoms with E-state index in [1.807, 2.05) is 14.2 Å². The Morgan fingerprint density at radius 3 is 2.04 bits per heavy atom. The van der Waals surface area contributed by atoms with Crippen LogP contribution in [0.15, 0.2) is 30.3 Å². The van der Waals surface area contributed by atoms with Gasteiger partial charge in [0.15, 0.2) is 0 Å². The van der Waals surface area contributed by atoms with Crippen LogP contribution in [0, 0.1) is 19.8 Å². The lowest BCUT2D eigenvalue weighted by Crippen LogP contribution is -2.62. The summed E-state index contributed by atoms with van der Waals surface area (Å²) in [5.41, 5.74) is 2.52. The third-order valence-corrected chi connectivity index (χ3v) is 10.3. The van der Waals surface area contributed by atoms with Crippen LogP contribution in [0.3, 0.4) is 0 Å². The molecule has 0 aromatic heterocycles. The Bertz CT molecular complexity index is 695. The van der Waals surface area contributed by atoms with Crippen LogP contribution >= 0.6 is 0 Å². The number of benzene rings is 2. The quantitative estimate of drug-likeness (QED) is 0.731. The standard InChI is InChI=1S/C20H30O2Si/c1-14(2)20(5,6)23(21-7,22-8)19-16(4)10-12-17-11-9-15(3)13-18(17)19/h9-14H,1-8H3. The normalized spacial score (nSPS) is 13.1. The molecule has 0 N–H and O–H groups in total. The Morgan fingerprint density at radius 1 is 0.957 bits per heavy atom. The Hall–Kier alpha value is -1.16. The molecule has 3 heteroatoms. The predicted octanol–water partition coefficient (Wildman–Crippen LogP) is 4.83. The molecule has 23 heavy (non-hydrogen) atoms. The highest BCUT2D eigenvalue weighted by molar-refractivity contribution is 6.86. The zero-order valence-electron chi connectivity index (χ0n) is 15.8. The van der Waals surface area contributed by atoms with Gasteiger partial charge in [-0.15, -0.1) is 0 Å². The number of hydrogen-bond donors (Lipinski definition) is 0. The molecule has 126 valence electrons. The Morgan fingerprint density at radius 2 is 1.52 bits per heavy atom. The van der Waals surface area contributed by atoms with Crippen molar-refractivity contribution in [2.24, 2.45) is 5.92 Å². The first kappa shape index (κ1) is 18.2. The zero-order valence-corrected chi connectivity index (χ0v) is 16.8. The maximum Gasteiger partial charge on any atom is 0.379 e. The van der Waals surface area contributed by atoms with E-state index in [9.17, 15) is 0 Å². The van der Waals surface area contributed by atoms with Crippen molar-refractivity contribution in [2.75, 3.05) is 14.2 Å². The van der Waals surface area contributed by atoms with Gasteiger partial charge >= 0.3 is 8.56 Å². The fourth-order valence-corrected chi connectivity index (χ4v) is 7.70. The molecule has 2 aromatic carbocycles. The minimum absolute atomic E-state index is 0.0563. The van der Waals surface area contributed by atoms with Crippen LogP contribution < -0.4 is 5.19 Å². The second kappa shape index (κ2) is 6.38. The fourth-order valence-electron chi connectivity index (χ4n) is 3.50. The van der Waals surface area contributed by atoms with E-state index in [1.165, 1.54) is 27.1 Å². The van der Waals surface area contributed by atoms with Gasteiger partial charge in [0.25, 0.3) is 0 Å². The van der Waals surface area contributed by atoms with Gasteiger partial charge < -0.3 is 8.85 Å². The Kier molecular flexibility index (Phi) is 5.05. The fraction of sp³-hybridized carbons (Fsp3) is 0.500. The van der Waals surface area contributed by atoms with E-state index in [-0.39, 0.29) is 5.04 Å². The number of hydrogen-bond acceptors (Lipinski definition) is 2. The molecule has 0 atom stereocenters. The minimum atomic E-state index is -2.64. The van der Waals surface area contributed by atoms with Crippen molar-refractivity contribution >= 4 is 24.5 Å². The van der Waals surface area contributed by atoms with E-state index in [0.717, 1.165) is 0 Å². The molecule has 0 amide bonds. The molecule has 0 saturated carbocycles. The van der Waals surface area contributed by atoms with E-state index in [4.69, 9.17) is 8.85 Å². The van der Waals surface area contributed by atoms with Crippen molar-refractivity contribution in [1.29, 1.82) is 0 Å². The molecule has 0 saturated heterocycles. The first-order valence-corrected chi connectivity index (χ1v) is 10.1. The second-order valence-corrected chi connectivity index (χ2v) is 11.2. The summed E-state index contributed by atoms with van der Waals surface area (Å²) in [6.07, 6.45) is 0. The van der Waals surface area contributed by atoms with Gasteiger partial charge in [0.05, 0.1) is 0 Å². The third kappa shape index (κ3) is 2.75. The lowest BCUT2D eigenvalue weighted by atomic mass is 9.99. The van der Waals surface area contributed by atoms with Crippen LogP contribution in [-0.2, 0) is 8.85 Å². The first-order valence-electron chi connectivity index (χ1n) is 8.32. The molecule has 0 aliphatic rings. The smallest absolute Gasteiger partial charge is 0.379 e. The van der Waals surface area contributed by atoms with Crippen LogP contribution in [0.2, 0.25) is 5.04 Å². The molecule has 0 heterocycles. The molecule has 0 radical (unpaired) electrons. The SMILES string of the molecule is CO[Si](OC)(c1c(C)ccc2ccc(C)cc12)C(C)(C)C(C)C. The molecule has 2 nitrogen and oxygen atoms in total. The van der Waals surface area contributed by atoms with Crippen molar-refractivity contribution < 1.29 is 8.85 Å². The summed E-state index contributed by atoms with van der Waals surface area (Å²) in [6, 6.07) is 11.0. The molecule has 2 rings (SSSR count). The molecule has 0 aliphatic carbocycles. The Balaban J connectivity index is 2.92. The summed E-state index contributed by atoms with van der Waals surface area (Å²) < 4.78 is 12.5. The second-order valence-electron chi connectivity index (χ2n) is 7.38. The summed E-state index contributed by atoms with van der Waals surface area (Å²) in [4.78, 5) is 0. The van der Waals surface area contributed by atoms with E-state index >= 15 is 0 Å². The average molecular weight is 331 g/mol.